The zero-order chi connectivity index (χ0) is 18.9. The number of carbonyl (C=O) groups excluding carboxylic acids is 1. The Balaban J connectivity index is 1.69. The minimum Gasteiger partial charge on any atom is -0.351 e. The lowest BCUT2D eigenvalue weighted by Crippen LogP contribution is -2.47. The number of amides is 1. The second-order valence-electron chi connectivity index (χ2n) is 8.20. The molecule has 7 heteroatoms. The lowest BCUT2D eigenvalue weighted by Gasteiger charge is -2.40. The highest BCUT2D eigenvalue weighted by molar-refractivity contribution is 7.90. The third-order valence-electron chi connectivity index (χ3n) is 5.27. The van der Waals surface area contributed by atoms with E-state index in [-0.39, 0.29) is 34.6 Å². The van der Waals surface area contributed by atoms with Gasteiger partial charge in [-0.05, 0) is 36.3 Å². The molecule has 3 rings (SSSR count). The smallest absolute Gasteiger partial charge is 0.263 e. The van der Waals surface area contributed by atoms with E-state index in [0.717, 1.165) is 19.3 Å². The first-order valence-electron chi connectivity index (χ1n) is 9.14. The number of nitrogens with zero attached hydrogens (tertiary/aromatic N) is 1. The molecule has 1 aliphatic carbocycles. The Morgan fingerprint density at radius 3 is 2.65 bits per heavy atom. The summed E-state index contributed by atoms with van der Waals surface area (Å²) >= 11 is 0. The van der Waals surface area contributed by atoms with Gasteiger partial charge in [0.05, 0.1) is 4.90 Å². The minimum atomic E-state index is -3.57. The molecule has 2 unspecified atom stereocenters. The summed E-state index contributed by atoms with van der Waals surface area (Å²) in [7, 11) is -3.57. The summed E-state index contributed by atoms with van der Waals surface area (Å²) in [5.74, 6) is 0.521. The fourth-order valence-electron chi connectivity index (χ4n) is 3.99. The molecule has 0 bridgehead atoms. The first-order valence-corrected chi connectivity index (χ1v) is 10.6. The molecule has 1 amide bonds. The van der Waals surface area contributed by atoms with Crippen LogP contribution >= 0.6 is 0 Å². The van der Waals surface area contributed by atoms with Crippen molar-refractivity contribution in [3.05, 3.63) is 29.8 Å². The van der Waals surface area contributed by atoms with Crippen molar-refractivity contribution in [2.75, 3.05) is 6.54 Å². The highest BCUT2D eigenvalue weighted by Gasteiger charge is 2.35. The molecule has 142 valence electrons. The summed E-state index contributed by atoms with van der Waals surface area (Å²) in [6.45, 7) is 6.56. The summed E-state index contributed by atoms with van der Waals surface area (Å²) in [4.78, 5) is 16.9. The van der Waals surface area contributed by atoms with E-state index < -0.39 is 10.0 Å². The topological polar surface area (TPSA) is 87.6 Å². The van der Waals surface area contributed by atoms with Crippen LogP contribution in [0.5, 0.6) is 0 Å². The summed E-state index contributed by atoms with van der Waals surface area (Å²) in [6, 6.07) is 6.82. The number of fused-ring (bicyclic) bond motifs is 1. The van der Waals surface area contributed by atoms with Crippen molar-refractivity contribution in [2.24, 2.45) is 16.3 Å². The standard InChI is InChI=1S/C19H27N3O3S/c1-19(2,3)14-9-5-6-10-15(14)21-17(23)12-20-18-13-8-4-7-11-16(13)26(24,25)22-18/h4,7-8,11,14-15H,5-6,9-10,12H2,1-3H3,(H,20,22)(H,21,23). The second kappa shape index (κ2) is 7.02. The molecule has 6 nitrogen and oxygen atoms in total. The molecule has 0 aromatic heterocycles. The first kappa shape index (κ1) is 18.9. The van der Waals surface area contributed by atoms with Gasteiger partial charge in [0, 0.05) is 11.6 Å². The molecule has 1 fully saturated rings. The fourth-order valence-corrected chi connectivity index (χ4v) is 5.25. The molecular weight excluding hydrogens is 350 g/mol. The van der Waals surface area contributed by atoms with E-state index in [9.17, 15) is 13.2 Å². The van der Waals surface area contributed by atoms with Crippen molar-refractivity contribution < 1.29 is 13.2 Å². The first-order chi connectivity index (χ1) is 12.2. The van der Waals surface area contributed by atoms with Crippen LogP contribution in [0.25, 0.3) is 0 Å². The Bertz CT molecular complexity index is 825. The molecule has 1 aromatic rings. The second-order valence-corrected chi connectivity index (χ2v) is 9.85. The summed E-state index contributed by atoms with van der Waals surface area (Å²) < 4.78 is 26.6. The van der Waals surface area contributed by atoms with Gasteiger partial charge in [0.1, 0.15) is 12.4 Å². The summed E-state index contributed by atoms with van der Waals surface area (Å²) in [6.07, 6.45) is 4.43. The van der Waals surface area contributed by atoms with Gasteiger partial charge in [-0.2, -0.15) is 0 Å². The predicted octanol–water partition coefficient (Wildman–Crippen LogP) is 2.45. The van der Waals surface area contributed by atoms with Crippen LogP contribution in [-0.4, -0.2) is 32.7 Å². The highest BCUT2D eigenvalue weighted by atomic mass is 32.2. The predicted molar refractivity (Wildman–Crippen MR) is 102 cm³/mol. The van der Waals surface area contributed by atoms with E-state index in [2.05, 4.69) is 35.8 Å². The Morgan fingerprint density at radius 1 is 1.23 bits per heavy atom. The van der Waals surface area contributed by atoms with Crippen LogP contribution < -0.4 is 10.0 Å². The van der Waals surface area contributed by atoms with E-state index in [0.29, 0.717) is 11.5 Å². The largest absolute Gasteiger partial charge is 0.351 e. The summed E-state index contributed by atoms with van der Waals surface area (Å²) in [5.41, 5.74) is 0.662. The minimum absolute atomic E-state index is 0.0838. The number of rotatable bonds is 3. The lowest BCUT2D eigenvalue weighted by molar-refractivity contribution is -0.121. The Hall–Kier alpha value is -1.89. The molecule has 2 N–H and O–H groups in total. The van der Waals surface area contributed by atoms with Gasteiger partial charge in [-0.15, -0.1) is 0 Å². The van der Waals surface area contributed by atoms with Gasteiger partial charge in [-0.25, -0.2) is 8.42 Å². The van der Waals surface area contributed by atoms with Crippen molar-refractivity contribution in [3.8, 4) is 0 Å². The molecule has 0 radical (unpaired) electrons. The highest BCUT2D eigenvalue weighted by Crippen LogP contribution is 2.37. The van der Waals surface area contributed by atoms with Gasteiger partial charge in [0.2, 0.25) is 5.91 Å². The van der Waals surface area contributed by atoms with Gasteiger partial charge < -0.3 is 5.32 Å². The number of benzene rings is 1. The van der Waals surface area contributed by atoms with Gasteiger partial charge in [0.25, 0.3) is 10.0 Å². The normalized spacial score (nSPS) is 26.2. The van der Waals surface area contributed by atoms with Crippen molar-refractivity contribution in [2.45, 2.75) is 57.4 Å². The van der Waals surface area contributed by atoms with Crippen LogP contribution in [-0.2, 0) is 14.8 Å². The number of carbonyl (C=O) groups is 1. The lowest BCUT2D eigenvalue weighted by atomic mass is 9.69. The van der Waals surface area contributed by atoms with Crippen LogP contribution in [0.1, 0.15) is 52.0 Å². The van der Waals surface area contributed by atoms with E-state index in [1.54, 1.807) is 18.2 Å². The molecule has 2 aliphatic rings. The molecule has 1 saturated carbocycles. The van der Waals surface area contributed by atoms with Crippen molar-refractivity contribution >= 4 is 21.8 Å². The number of hydrogen-bond acceptors (Lipinski definition) is 4. The number of nitrogens with one attached hydrogen (secondary N) is 2. The van der Waals surface area contributed by atoms with Gasteiger partial charge in [0.15, 0.2) is 0 Å². The third kappa shape index (κ3) is 3.92. The van der Waals surface area contributed by atoms with Gasteiger partial charge >= 0.3 is 0 Å². The SMILES string of the molecule is CC(C)(C)C1CCCCC1NC(=O)CN=C1NS(=O)(=O)c2ccccc21. The Morgan fingerprint density at radius 2 is 1.92 bits per heavy atom. The summed E-state index contributed by atoms with van der Waals surface area (Å²) in [5, 5.41) is 3.12. The third-order valence-corrected chi connectivity index (χ3v) is 6.67. The Kier molecular flexibility index (Phi) is 5.10. The average molecular weight is 378 g/mol. The van der Waals surface area contributed by atoms with E-state index in [1.807, 2.05) is 0 Å². The Labute approximate surface area is 155 Å². The number of hydrogen-bond donors (Lipinski definition) is 2. The maximum absolute atomic E-state index is 12.4. The quantitative estimate of drug-likeness (QED) is 0.848. The maximum atomic E-state index is 12.4. The maximum Gasteiger partial charge on any atom is 0.263 e. The number of aliphatic imine (C=N–C) groups is 1. The molecule has 0 saturated heterocycles. The molecule has 26 heavy (non-hydrogen) atoms. The molecule has 0 spiro atoms. The monoisotopic (exact) mass is 377 g/mol. The average Bonchev–Trinajstić information content (AvgIpc) is 2.84. The van der Waals surface area contributed by atoms with E-state index in [1.165, 1.54) is 12.5 Å². The van der Waals surface area contributed by atoms with Crippen LogP contribution in [0, 0.1) is 11.3 Å². The van der Waals surface area contributed by atoms with Gasteiger partial charge in [-0.3, -0.25) is 14.5 Å². The van der Waals surface area contributed by atoms with Gasteiger partial charge in [-0.1, -0.05) is 45.7 Å². The van der Waals surface area contributed by atoms with E-state index in [4.69, 9.17) is 0 Å². The van der Waals surface area contributed by atoms with Crippen LogP contribution in [0.4, 0.5) is 0 Å². The molecule has 2 atom stereocenters. The molecule has 1 aromatic carbocycles. The van der Waals surface area contributed by atoms with Crippen molar-refractivity contribution in [3.63, 3.8) is 0 Å². The number of sulfonamides is 1. The fraction of sp³-hybridized carbons (Fsp3) is 0.579. The van der Waals surface area contributed by atoms with E-state index >= 15 is 0 Å². The molecular formula is C19H27N3O3S. The number of amidine groups is 1. The zero-order valence-corrected chi connectivity index (χ0v) is 16.4. The zero-order valence-electron chi connectivity index (χ0n) is 15.6. The van der Waals surface area contributed by atoms with Crippen molar-refractivity contribution in [1.82, 2.24) is 10.0 Å². The van der Waals surface area contributed by atoms with Crippen LogP contribution in [0.2, 0.25) is 0 Å². The molecule has 1 heterocycles. The van der Waals surface area contributed by atoms with Crippen LogP contribution in [0.3, 0.4) is 0 Å². The van der Waals surface area contributed by atoms with Crippen LogP contribution in [0.15, 0.2) is 34.2 Å². The van der Waals surface area contributed by atoms with Crippen molar-refractivity contribution in [1.29, 1.82) is 0 Å². The molecule has 1 aliphatic heterocycles.